The zero-order chi connectivity index (χ0) is 23.4. The van der Waals surface area contributed by atoms with E-state index in [-0.39, 0.29) is 16.5 Å². The monoisotopic (exact) mass is 493 g/mol. The number of carbonyl (C=O) groups is 2. The largest absolute Gasteiger partial charge is 0.321 e. The Morgan fingerprint density at radius 3 is 2.36 bits per heavy atom. The summed E-state index contributed by atoms with van der Waals surface area (Å²) >= 11 is 13.6. The molecule has 0 saturated carbocycles. The van der Waals surface area contributed by atoms with E-state index in [9.17, 15) is 14.9 Å². The molecular formula is C25H17Cl2N3O2S. The maximum Gasteiger partial charge on any atom is 0.269 e. The summed E-state index contributed by atoms with van der Waals surface area (Å²) < 4.78 is 0. The number of nitrogens with zero attached hydrogens (tertiary/aromatic N) is 2. The van der Waals surface area contributed by atoms with Crippen LogP contribution in [0.25, 0.3) is 0 Å². The molecule has 33 heavy (non-hydrogen) atoms. The van der Waals surface area contributed by atoms with Crippen molar-refractivity contribution in [2.24, 2.45) is 0 Å². The van der Waals surface area contributed by atoms with E-state index < -0.39 is 11.2 Å². The van der Waals surface area contributed by atoms with Crippen LogP contribution in [0.1, 0.15) is 5.56 Å². The third kappa shape index (κ3) is 5.07. The predicted octanol–water partition coefficient (Wildman–Crippen LogP) is 6.06. The number of hydrogen-bond donors (Lipinski definition) is 1. The van der Waals surface area contributed by atoms with Gasteiger partial charge in [0.05, 0.1) is 5.25 Å². The summed E-state index contributed by atoms with van der Waals surface area (Å²) in [5.74, 6) is -0.820. The quantitative estimate of drug-likeness (QED) is 0.346. The Morgan fingerprint density at radius 2 is 1.70 bits per heavy atom. The summed E-state index contributed by atoms with van der Waals surface area (Å²) in [6, 6.07) is 24.9. The molecule has 1 atom stereocenters. The predicted molar refractivity (Wildman–Crippen MR) is 133 cm³/mol. The number of carbonyl (C=O) groups excluding carboxylic acids is 2. The van der Waals surface area contributed by atoms with E-state index in [2.05, 4.69) is 5.32 Å². The van der Waals surface area contributed by atoms with Crippen molar-refractivity contribution in [1.82, 2.24) is 0 Å². The summed E-state index contributed by atoms with van der Waals surface area (Å²) in [6.07, 6.45) is 0.300. The standard InChI is InChI=1S/C25H17Cl2N3O2S/c26-17-11-12-21(27)16(13-17)14-22-24(32)30(19-9-5-2-6-10-19)25(33-22)20(15-28)23(31)29-18-7-3-1-4-8-18/h1-13,22H,14H2,(H,29,31)/b25-20-. The molecular weight excluding hydrogens is 477 g/mol. The number of halogens is 2. The lowest BCUT2D eigenvalue weighted by Gasteiger charge is -2.18. The highest BCUT2D eigenvalue weighted by atomic mass is 35.5. The van der Waals surface area contributed by atoms with Gasteiger partial charge in [0.2, 0.25) is 5.91 Å². The van der Waals surface area contributed by atoms with Gasteiger partial charge in [-0.3, -0.25) is 14.5 Å². The normalized spacial score (nSPS) is 16.9. The summed E-state index contributed by atoms with van der Waals surface area (Å²) in [6.45, 7) is 0. The van der Waals surface area contributed by atoms with Gasteiger partial charge in [0, 0.05) is 21.4 Å². The topological polar surface area (TPSA) is 73.2 Å². The molecule has 1 aliphatic heterocycles. The first kappa shape index (κ1) is 22.9. The van der Waals surface area contributed by atoms with Gasteiger partial charge in [0.15, 0.2) is 0 Å². The van der Waals surface area contributed by atoms with Crippen LogP contribution in [0.2, 0.25) is 10.0 Å². The van der Waals surface area contributed by atoms with E-state index >= 15 is 0 Å². The number of benzene rings is 3. The van der Waals surface area contributed by atoms with Crippen molar-refractivity contribution >= 4 is 58.2 Å². The van der Waals surface area contributed by atoms with Crippen LogP contribution in [0.3, 0.4) is 0 Å². The zero-order valence-corrected chi connectivity index (χ0v) is 19.5. The van der Waals surface area contributed by atoms with Gasteiger partial charge in [-0.05, 0) is 54.4 Å². The van der Waals surface area contributed by atoms with Gasteiger partial charge in [-0.2, -0.15) is 5.26 Å². The van der Waals surface area contributed by atoms with Gasteiger partial charge in [-0.1, -0.05) is 71.4 Å². The molecule has 5 nitrogen and oxygen atoms in total. The van der Waals surface area contributed by atoms with Gasteiger partial charge >= 0.3 is 0 Å². The SMILES string of the molecule is N#C/C(C(=O)Nc1ccccc1)=C1/SC(Cc2cc(Cl)ccc2Cl)C(=O)N1c1ccccc1. The highest BCUT2D eigenvalue weighted by Gasteiger charge is 2.41. The van der Waals surface area contributed by atoms with Crippen LogP contribution in [-0.2, 0) is 16.0 Å². The minimum Gasteiger partial charge on any atom is -0.321 e. The van der Waals surface area contributed by atoms with Crippen LogP contribution in [0, 0.1) is 11.3 Å². The Balaban J connectivity index is 1.73. The van der Waals surface area contributed by atoms with Gasteiger partial charge in [-0.15, -0.1) is 0 Å². The highest BCUT2D eigenvalue weighted by molar-refractivity contribution is 8.05. The smallest absolute Gasteiger partial charge is 0.269 e. The van der Waals surface area contributed by atoms with Gasteiger partial charge in [0.1, 0.15) is 16.7 Å². The molecule has 1 fully saturated rings. The molecule has 0 radical (unpaired) electrons. The lowest BCUT2D eigenvalue weighted by atomic mass is 10.1. The summed E-state index contributed by atoms with van der Waals surface area (Å²) in [5.41, 5.74) is 1.71. The lowest BCUT2D eigenvalue weighted by Crippen LogP contribution is -2.30. The second-order valence-electron chi connectivity index (χ2n) is 7.17. The highest BCUT2D eigenvalue weighted by Crippen LogP contribution is 2.42. The molecule has 1 saturated heterocycles. The van der Waals surface area contributed by atoms with E-state index in [0.717, 1.165) is 5.56 Å². The van der Waals surface area contributed by atoms with Crippen LogP contribution in [0.5, 0.6) is 0 Å². The molecule has 2 amide bonds. The molecule has 4 rings (SSSR count). The number of nitrogens with one attached hydrogen (secondary N) is 1. The molecule has 3 aromatic rings. The minimum atomic E-state index is -0.582. The molecule has 1 unspecified atom stereocenters. The van der Waals surface area contributed by atoms with Crippen molar-refractivity contribution in [3.8, 4) is 6.07 Å². The van der Waals surface area contributed by atoms with Crippen molar-refractivity contribution in [2.75, 3.05) is 10.2 Å². The van der Waals surface area contributed by atoms with Crippen molar-refractivity contribution in [3.05, 3.63) is 105 Å². The third-order valence-corrected chi connectivity index (χ3v) is 6.83. The summed E-state index contributed by atoms with van der Waals surface area (Å²) in [5, 5.41) is 13.3. The fraction of sp³-hybridized carbons (Fsp3) is 0.0800. The molecule has 0 spiro atoms. The van der Waals surface area contributed by atoms with E-state index in [4.69, 9.17) is 23.2 Å². The number of amides is 2. The molecule has 8 heteroatoms. The Bertz CT molecular complexity index is 1270. The first-order valence-electron chi connectivity index (χ1n) is 9.98. The maximum atomic E-state index is 13.5. The second kappa shape index (κ2) is 10.1. The van der Waals surface area contributed by atoms with Crippen molar-refractivity contribution in [2.45, 2.75) is 11.7 Å². The van der Waals surface area contributed by atoms with E-state index in [1.165, 1.54) is 16.7 Å². The van der Waals surface area contributed by atoms with Crippen molar-refractivity contribution < 1.29 is 9.59 Å². The number of thioether (sulfide) groups is 1. The van der Waals surface area contributed by atoms with Gasteiger partial charge < -0.3 is 5.32 Å². The van der Waals surface area contributed by atoms with Crippen LogP contribution >= 0.6 is 35.0 Å². The molecule has 0 bridgehead atoms. The third-order valence-electron chi connectivity index (χ3n) is 4.96. The second-order valence-corrected chi connectivity index (χ2v) is 9.20. The molecule has 1 N–H and O–H groups in total. The molecule has 1 heterocycles. The number of nitriles is 1. The minimum absolute atomic E-state index is 0.138. The summed E-state index contributed by atoms with van der Waals surface area (Å²) in [7, 11) is 0. The molecule has 164 valence electrons. The number of hydrogen-bond acceptors (Lipinski definition) is 4. The van der Waals surface area contributed by atoms with Crippen LogP contribution < -0.4 is 10.2 Å². The average molecular weight is 494 g/mol. The van der Waals surface area contributed by atoms with Crippen molar-refractivity contribution in [1.29, 1.82) is 5.26 Å². The lowest BCUT2D eigenvalue weighted by molar-refractivity contribution is -0.117. The fourth-order valence-corrected chi connectivity index (χ4v) is 5.10. The van der Waals surface area contributed by atoms with Gasteiger partial charge in [0.25, 0.3) is 5.91 Å². The Labute approximate surface area is 205 Å². The van der Waals surface area contributed by atoms with E-state index in [1.54, 1.807) is 66.7 Å². The fourth-order valence-electron chi connectivity index (χ4n) is 3.41. The Morgan fingerprint density at radius 1 is 1.03 bits per heavy atom. The first-order valence-corrected chi connectivity index (χ1v) is 11.6. The Hall–Kier alpha value is -3.24. The average Bonchev–Trinajstić information content (AvgIpc) is 3.13. The Kier molecular flexibility index (Phi) is 7.05. The molecule has 3 aromatic carbocycles. The van der Waals surface area contributed by atoms with Crippen LogP contribution in [0.15, 0.2) is 89.5 Å². The van der Waals surface area contributed by atoms with E-state index in [0.29, 0.717) is 27.8 Å². The van der Waals surface area contributed by atoms with Gasteiger partial charge in [-0.25, -0.2) is 0 Å². The molecule has 0 aliphatic carbocycles. The summed E-state index contributed by atoms with van der Waals surface area (Å²) in [4.78, 5) is 27.9. The number of rotatable bonds is 5. The maximum absolute atomic E-state index is 13.5. The van der Waals surface area contributed by atoms with Crippen LogP contribution in [0.4, 0.5) is 11.4 Å². The zero-order valence-electron chi connectivity index (χ0n) is 17.2. The molecule has 0 aromatic heterocycles. The van der Waals surface area contributed by atoms with E-state index in [1.807, 2.05) is 18.2 Å². The van der Waals surface area contributed by atoms with Crippen molar-refractivity contribution in [3.63, 3.8) is 0 Å². The van der Waals surface area contributed by atoms with Crippen LogP contribution in [-0.4, -0.2) is 17.1 Å². The first-order chi connectivity index (χ1) is 16.0. The molecule has 1 aliphatic rings. The number of para-hydroxylation sites is 2. The number of anilines is 2.